The van der Waals surface area contributed by atoms with Crippen LogP contribution in [0, 0.1) is 0 Å². The Balaban J connectivity index is 1.59. The minimum atomic E-state index is -4.37. The van der Waals surface area contributed by atoms with Gasteiger partial charge in [-0.2, -0.15) is 13.2 Å². The highest BCUT2D eigenvalue weighted by molar-refractivity contribution is 8.00. The van der Waals surface area contributed by atoms with Gasteiger partial charge in [-0.25, -0.2) is 0 Å². The predicted octanol–water partition coefficient (Wildman–Crippen LogP) is 4.99. The van der Waals surface area contributed by atoms with Crippen molar-refractivity contribution in [3.63, 3.8) is 0 Å². The molecule has 2 aromatic rings. The third-order valence-electron chi connectivity index (χ3n) is 4.24. The summed E-state index contributed by atoms with van der Waals surface area (Å²) in [6.07, 6.45) is -1.45. The third-order valence-corrected chi connectivity index (χ3v) is 5.23. The number of hydrogen-bond acceptors (Lipinski definition) is 2. The van der Waals surface area contributed by atoms with Crippen molar-refractivity contribution in [3.05, 3.63) is 65.2 Å². The molecule has 132 valence electrons. The number of thioether (sulfide) groups is 1. The zero-order chi connectivity index (χ0) is 17.9. The van der Waals surface area contributed by atoms with E-state index in [0.29, 0.717) is 4.90 Å². The summed E-state index contributed by atoms with van der Waals surface area (Å²) in [4.78, 5) is 12.7. The molecule has 1 atom stereocenters. The van der Waals surface area contributed by atoms with E-state index in [1.165, 1.54) is 11.6 Å². The van der Waals surface area contributed by atoms with Crippen molar-refractivity contribution in [1.29, 1.82) is 0 Å². The summed E-state index contributed by atoms with van der Waals surface area (Å²) in [7, 11) is 0. The molecule has 1 N–H and O–H groups in total. The SMILES string of the molecule is O=C(CSc1cccc(C(F)(F)F)c1)NC1CCCc2ccccc21. The first kappa shape index (κ1) is 17.9. The van der Waals surface area contributed by atoms with Crippen molar-refractivity contribution >= 4 is 17.7 Å². The highest BCUT2D eigenvalue weighted by Gasteiger charge is 2.30. The van der Waals surface area contributed by atoms with Gasteiger partial charge < -0.3 is 5.32 Å². The molecule has 0 bridgehead atoms. The number of rotatable bonds is 4. The molecular weight excluding hydrogens is 347 g/mol. The highest BCUT2D eigenvalue weighted by atomic mass is 32.2. The van der Waals surface area contributed by atoms with Gasteiger partial charge in [0.2, 0.25) is 5.91 Å². The summed E-state index contributed by atoms with van der Waals surface area (Å²) in [6, 6.07) is 13.1. The van der Waals surface area contributed by atoms with Crippen LogP contribution in [0.3, 0.4) is 0 Å². The fourth-order valence-corrected chi connectivity index (χ4v) is 3.82. The number of carbonyl (C=O) groups excluding carboxylic acids is 1. The monoisotopic (exact) mass is 365 g/mol. The molecule has 3 rings (SSSR count). The number of halogens is 3. The molecule has 0 aromatic heterocycles. The van der Waals surface area contributed by atoms with Crippen LogP contribution in [0.4, 0.5) is 13.2 Å². The summed E-state index contributed by atoms with van der Waals surface area (Å²) in [5.41, 5.74) is 1.70. The third kappa shape index (κ3) is 4.57. The van der Waals surface area contributed by atoms with Gasteiger partial charge in [-0.1, -0.05) is 30.3 Å². The van der Waals surface area contributed by atoms with Gasteiger partial charge in [0.1, 0.15) is 0 Å². The topological polar surface area (TPSA) is 29.1 Å². The van der Waals surface area contributed by atoms with E-state index in [9.17, 15) is 18.0 Å². The maximum atomic E-state index is 12.7. The number of hydrogen-bond donors (Lipinski definition) is 1. The smallest absolute Gasteiger partial charge is 0.349 e. The zero-order valence-corrected chi connectivity index (χ0v) is 14.3. The second kappa shape index (κ2) is 7.52. The molecule has 1 aliphatic carbocycles. The van der Waals surface area contributed by atoms with Crippen LogP contribution < -0.4 is 5.32 Å². The van der Waals surface area contributed by atoms with Gasteiger partial charge in [0.15, 0.2) is 0 Å². The molecule has 0 radical (unpaired) electrons. The molecule has 25 heavy (non-hydrogen) atoms. The number of alkyl halides is 3. The molecule has 2 nitrogen and oxygen atoms in total. The van der Waals surface area contributed by atoms with Gasteiger partial charge in [-0.05, 0) is 48.6 Å². The van der Waals surface area contributed by atoms with Crippen molar-refractivity contribution in [2.24, 2.45) is 0 Å². The van der Waals surface area contributed by atoms with E-state index in [2.05, 4.69) is 11.4 Å². The lowest BCUT2D eigenvalue weighted by Crippen LogP contribution is -2.32. The van der Waals surface area contributed by atoms with Gasteiger partial charge in [-0.3, -0.25) is 4.79 Å². The number of carbonyl (C=O) groups is 1. The van der Waals surface area contributed by atoms with Crippen LogP contribution in [0.1, 0.15) is 35.6 Å². The lowest BCUT2D eigenvalue weighted by molar-refractivity contribution is -0.137. The lowest BCUT2D eigenvalue weighted by atomic mass is 9.88. The molecule has 0 heterocycles. The minimum Gasteiger partial charge on any atom is -0.349 e. The van der Waals surface area contributed by atoms with Crippen molar-refractivity contribution in [1.82, 2.24) is 5.32 Å². The van der Waals surface area contributed by atoms with Crippen LogP contribution in [0.5, 0.6) is 0 Å². The van der Waals surface area contributed by atoms with E-state index >= 15 is 0 Å². The quantitative estimate of drug-likeness (QED) is 0.774. The Morgan fingerprint density at radius 3 is 2.76 bits per heavy atom. The highest BCUT2D eigenvalue weighted by Crippen LogP contribution is 2.32. The number of nitrogens with one attached hydrogen (secondary N) is 1. The maximum absolute atomic E-state index is 12.7. The molecule has 0 saturated carbocycles. The molecule has 0 fully saturated rings. The summed E-state index contributed by atoms with van der Waals surface area (Å²) >= 11 is 1.12. The van der Waals surface area contributed by atoms with E-state index < -0.39 is 11.7 Å². The summed E-state index contributed by atoms with van der Waals surface area (Å²) < 4.78 is 38.2. The minimum absolute atomic E-state index is 0.0143. The van der Waals surface area contributed by atoms with Crippen molar-refractivity contribution < 1.29 is 18.0 Å². The summed E-state index contributed by atoms with van der Waals surface area (Å²) in [5, 5.41) is 3.01. The lowest BCUT2D eigenvalue weighted by Gasteiger charge is -2.26. The summed E-state index contributed by atoms with van der Waals surface area (Å²) in [6.45, 7) is 0. The van der Waals surface area contributed by atoms with E-state index in [-0.39, 0.29) is 17.7 Å². The zero-order valence-electron chi connectivity index (χ0n) is 13.5. The van der Waals surface area contributed by atoms with Crippen molar-refractivity contribution in [2.45, 2.75) is 36.4 Å². The van der Waals surface area contributed by atoms with Crippen LogP contribution in [0.15, 0.2) is 53.4 Å². The Morgan fingerprint density at radius 2 is 1.96 bits per heavy atom. The van der Waals surface area contributed by atoms with Crippen LogP contribution >= 0.6 is 11.8 Å². The fraction of sp³-hybridized carbons (Fsp3) is 0.316. The number of aryl methyl sites for hydroxylation is 1. The Bertz CT molecular complexity index is 760. The van der Waals surface area contributed by atoms with E-state index in [1.54, 1.807) is 6.07 Å². The van der Waals surface area contributed by atoms with Crippen LogP contribution in [0.25, 0.3) is 0 Å². The molecular formula is C19H18F3NOS. The van der Waals surface area contributed by atoms with Gasteiger partial charge in [-0.15, -0.1) is 11.8 Å². The second-order valence-corrected chi connectivity index (χ2v) is 7.07. The summed E-state index contributed by atoms with van der Waals surface area (Å²) in [5.74, 6) is -0.0657. The van der Waals surface area contributed by atoms with Crippen LogP contribution in [-0.4, -0.2) is 11.7 Å². The molecule has 1 unspecified atom stereocenters. The molecule has 0 aliphatic heterocycles. The van der Waals surface area contributed by atoms with E-state index in [4.69, 9.17) is 0 Å². The van der Waals surface area contributed by atoms with Crippen LogP contribution in [0.2, 0.25) is 0 Å². The number of fused-ring (bicyclic) bond motifs is 1. The average molecular weight is 365 g/mol. The number of amides is 1. The Morgan fingerprint density at radius 1 is 1.16 bits per heavy atom. The Labute approximate surface area is 148 Å². The molecule has 0 saturated heterocycles. The Kier molecular flexibility index (Phi) is 5.37. The predicted molar refractivity (Wildman–Crippen MR) is 92.4 cm³/mol. The normalized spacial score (nSPS) is 17.0. The van der Waals surface area contributed by atoms with Gasteiger partial charge >= 0.3 is 6.18 Å². The maximum Gasteiger partial charge on any atom is 0.416 e. The van der Waals surface area contributed by atoms with Crippen molar-refractivity contribution in [3.8, 4) is 0 Å². The molecule has 1 amide bonds. The molecule has 2 aromatic carbocycles. The first-order chi connectivity index (χ1) is 11.9. The van der Waals surface area contributed by atoms with Gasteiger partial charge in [0.25, 0.3) is 0 Å². The fourth-order valence-electron chi connectivity index (χ4n) is 3.05. The van der Waals surface area contributed by atoms with Gasteiger partial charge in [0, 0.05) is 4.90 Å². The first-order valence-electron chi connectivity index (χ1n) is 8.11. The van der Waals surface area contributed by atoms with E-state index in [0.717, 1.165) is 48.7 Å². The van der Waals surface area contributed by atoms with E-state index in [1.807, 2.05) is 18.2 Å². The number of benzene rings is 2. The molecule has 1 aliphatic rings. The molecule has 6 heteroatoms. The first-order valence-corrected chi connectivity index (χ1v) is 9.09. The largest absolute Gasteiger partial charge is 0.416 e. The standard InChI is InChI=1S/C19H18F3NOS/c20-19(21,22)14-7-4-8-15(11-14)25-12-18(24)23-17-10-3-6-13-5-1-2-9-16(13)17/h1-2,4-5,7-9,11,17H,3,6,10,12H2,(H,23,24). The van der Waals surface area contributed by atoms with Crippen molar-refractivity contribution in [2.75, 3.05) is 5.75 Å². The second-order valence-electron chi connectivity index (χ2n) is 6.03. The van der Waals surface area contributed by atoms with Gasteiger partial charge in [0.05, 0.1) is 17.4 Å². The Hall–Kier alpha value is -1.95. The van der Waals surface area contributed by atoms with Crippen LogP contribution in [-0.2, 0) is 17.4 Å². The molecule has 0 spiro atoms. The average Bonchev–Trinajstić information content (AvgIpc) is 2.60.